The van der Waals surface area contributed by atoms with E-state index in [1.807, 2.05) is 30.3 Å². The number of hydrogen-bond acceptors (Lipinski definition) is 4. The summed E-state index contributed by atoms with van der Waals surface area (Å²) < 4.78 is 0. The topological polar surface area (TPSA) is 58.1 Å². The molecule has 2 aromatic carbocycles. The molecule has 1 N–H and O–H groups in total. The first-order chi connectivity index (χ1) is 12.4. The standard InChI is InChI=1S/C19H16Cl2N4O/c1-12-10-17(18(26)25(2)14-6-4-3-5-7-14)24-19(22-12)23-16-11-13(20)8-9-15(16)21/h3-11H,1-2H3,(H,22,23,24). The van der Waals surface area contributed by atoms with Crippen LogP contribution in [0.15, 0.2) is 54.6 Å². The average Bonchev–Trinajstić information content (AvgIpc) is 2.64. The molecule has 0 fully saturated rings. The number of carbonyl (C=O) groups excluding carboxylic acids is 1. The summed E-state index contributed by atoms with van der Waals surface area (Å²) in [6.45, 7) is 1.80. The predicted octanol–water partition coefficient (Wildman–Crippen LogP) is 5.11. The van der Waals surface area contributed by atoms with Crippen LogP contribution in [0.1, 0.15) is 16.2 Å². The number of aromatic nitrogens is 2. The number of amides is 1. The molecule has 0 bridgehead atoms. The van der Waals surface area contributed by atoms with Crippen LogP contribution in [-0.2, 0) is 0 Å². The molecule has 1 aromatic heterocycles. The molecule has 3 rings (SSSR count). The molecule has 0 aliphatic heterocycles. The summed E-state index contributed by atoms with van der Waals surface area (Å²) in [5, 5.41) is 4.03. The molecule has 3 aromatic rings. The Labute approximate surface area is 161 Å². The van der Waals surface area contributed by atoms with E-state index in [4.69, 9.17) is 23.2 Å². The molecule has 0 aliphatic carbocycles. The molecule has 5 nitrogen and oxygen atoms in total. The summed E-state index contributed by atoms with van der Waals surface area (Å²) in [5.74, 6) is 0.0425. The fourth-order valence-corrected chi connectivity index (χ4v) is 2.73. The number of nitrogens with one attached hydrogen (secondary N) is 1. The lowest BCUT2D eigenvalue weighted by Gasteiger charge is -2.17. The SMILES string of the molecule is Cc1cc(C(=O)N(C)c2ccccc2)nc(Nc2cc(Cl)ccc2Cl)n1. The lowest BCUT2D eigenvalue weighted by molar-refractivity contribution is 0.0988. The van der Waals surface area contributed by atoms with E-state index in [0.717, 1.165) is 5.69 Å². The van der Waals surface area contributed by atoms with E-state index < -0.39 is 0 Å². The van der Waals surface area contributed by atoms with Crippen LogP contribution in [-0.4, -0.2) is 22.9 Å². The van der Waals surface area contributed by atoms with Gasteiger partial charge in [0.25, 0.3) is 5.91 Å². The van der Waals surface area contributed by atoms with Gasteiger partial charge in [-0.1, -0.05) is 41.4 Å². The Morgan fingerprint density at radius 2 is 1.77 bits per heavy atom. The minimum atomic E-state index is -0.234. The molecule has 1 heterocycles. The highest BCUT2D eigenvalue weighted by Crippen LogP contribution is 2.27. The van der Waals surface area contributed by atoms with Crippen molar-refractivity contribution in [2.75, 3.05) is 17.3 Å². The molecular weight excluding hydrogens is 371 g/mol. The van der Waals surface area contributed by atoms with Gasteiger partial charge in [0.15, 0.2) is 0 Å². The molecule has 132 valence electrons. The Bertz CT molecular complexity index is 948. The summed E-state index contributed by atoms with van der Waals surface area (Å²) in [6.07, 6.45) is 0. The maximum Gasteiger partial charge on any atom is 0.276 e. The Balaban J connectivity index is 1.90. The predicted molar refractivity (Wildman–Crippen MR) is 106 cm³/mol. The quantitative estimate of drug-likeness (QED) is 0.676. The van der Waals surface area contributed by atoms with Crippen molar-refractivity contribution in [1.82, 2.24) is 9.97 Å². The summed E-state index contributed by atoms with van der Waals surface area (Å²) in [7, 11) is 1.70. The molecular formula is C19H16Cl2N4O. The second kappa shape index (κ2) is 7.72. The first-order valence-electron chi connectivity index (χ1n) is 7.85. The van der Waals surface area contributed by atoms with Crippen molar-refractivity contribution in [2.45, 2.75) is 6.92 Å². The maximum atomic E-state index is 12.8. The molecule has 26 heavy (non-hydrogen) atoms. The second-order valence-electron chi connectivity index (χ2n) is 5.67. The van der Waals surface area contributed by atoms with Crippen molar-refractivity contribution >= 4 is 46.4 Å². The molecule has 0 spiro atoms. The van der Waals surface area contributed by atoms with Gasteiger partial charge in [0.1, 0.15) is 5.69 Å². The zero-order valence-corrected chi connectivity index (χ0v) is 15.7. The van der Waals surface area contributed by atoms with Gasteiger partial charge in [-0.25, -0.2) is 9.97 Å². The highest BCUT2D eigenvalue weighted by Gasteiger charge is 2.17. The lowest BCUT2D eigenvalue weighted by atomic mass is 10.2. The Morgan fingerprint density at radius 1 is 1.04 bits per heavy atom. The minimum absolute atomic E-state index is 0.234. The molecule has 1 amide bonds. The maximum absolute atomic E-state index is 12.8. The number of carbonyl (C=O) groups is 1. The lowest BCUT2D eigenvalue weighted by Crippen LogP contribution is -2.27. The van der Waals surface area contributed by atoms with Crippen molar-refractivity contribution in [3.8, 4) is 0 Å². The smallest absolute Gasteiger partial charge is 0.276 e. The van der Waals surface area contributed by atoms with Crippen molar-refractivity contribution in [1.29, 1.82) is 0 Å². The number of anilines is 3. The molecule has 0 saturated heterocycles. The van der Waals surface area contributed by atoms with E-state index in [1.165, 1.54) is 4.90 Å². The third-order valence-electron chi connectivity index (χ3n) is 3.70. The molecule has 0 saturated carbocycles. The average molecular weight is 387 g/mol. The summed E-state index contributed by atoms with van der Waals surface area (Å²) in [4.78, 5) is 23.0. The Morgan fingerprint density at radius 3 is 2.50 bits per heavy atom. The summed E-state index contributed by atoms with van der Waals surface area (Å²) in [6, 6.07) is 16.0. The largest absolute Gasteiger partial charge is 0.323 e. The molecule has 0 aliphatic rings. The van der Waals surface area contributed by atoms with Crippen LogP contribution in [0, 0.1) is 6.92 Å². The van der Waals surface area contributed by atoms with Crippen LogP contribution in [0.3, 0.4) is 0 Å². The van der Waals surface area contributed by atoms with Crippen molar-refractivity contribution < 1.29 is 4.79 Å². The van der Waals surface area contributed by atoms with Gasteiger partial charge < -0.3 is 10.2 Å². The van der Waals surface area contributed by atoms with E-state index in [1.54, 1.807) is 38.2 Å². The van der Waals surface area contributed by atoms with Crippen LogP contribution >= 0.6 is 23.2 Å². The monoisotopic (exact) mass is 386 g/mol. The number of rotatable bonds is 4. The van der Waals surface area contributed by atoms with Gasteiger partial charge >= 0.3 is 0 Å². The molecule has 7 heteroatoms. The fraction of sp³-hybridized carbons (Fsp3) is 0.105. The van der Waals surface area contributed by atoms with Crippen molar-refractivity contribution in [3.63, 3.8) is 0 Å². The molecule has 0 unspecified atom stereocenters. The zero-order chi connectivity index (χ0) is 18.7. The Hall–Kier alpha value is -2.63. The Kier molecular flexibility index (Phi) is 5.40. The number of benzene rings is 2. The fourth-order valence-electron chi connectivity index (χ4n) is 2.39. The second-order valence-corrected chi connectivity index (χ2v) is 6.51. The first-order valence-corrected chi connectivity index (χ1v) is 8.60. The van der Waals surface area contributed by atoms with Gasteiger partial charge in [-0.2, -0.15) is 0 Å². The van der Waals surface area contributed by atoms with Gasteiger partial charge in [-0.3, -0.25) is 4.79 Å². The molecule has 0 radical (unpaired) electrons. The number of para-hydroxylation sites is 1. The number of nitrogens with zero attached hydrogens (tertiary/aromatic N) is 3. The van der Waals surface area contributed by atoms with E-state index in [0.29, 0.717) is 21.4 Å². The van der Waals surface area contributed by atoms with Crippen LogP contribution in [0.2, 0.25) is 10.0 Å². The summed E-state index contributed by atoms with van der Waals surface area (Å²) >= 11 is 12.2. The van der Waals surface area contributed by atoms with E-state index in [9.17, 15) is 4.79 Å². The third-order valence-corrected chi connectivity index (χ3v) is 4.26. The van der Waals surface area contributed by atoms with Crippen LogP contribution in [0.5, 0.6) is 0 Å². The van der Waals surface area contributed by atoms with Gasteiger partial charge in [0, 0.05) is 23.5 Å². The normalized spacial score (nSPS) is 10.5. The van der Waals surface area contributed by atoms with Crippen LogP contribution < -0.4 is 10.2 Å². The number of hydrogen-bond donors (Lipinski definition) is 1. The summed E-state index contributed by atoms with van der Waals surface area (Å²) in [5.41, 5.74) is 2.29. The van der Waals surface area contributed by atoms with Gasteiger partial charge in [-0.15, -0.1) is 0 Å². The molecule has 0 atom stereocenters. The minimum Gasteiger partial charge on any atom is -0.323 e. The van der Waals surface area contributed by atoms with E-state index in [2.05, 4.69) is 15.3 Å². The zero-order valence-electron chi connectivity index (χ0n) is 14.2. The van der Waals surface area contributed by atoms with E-state index >= 15 is 0 Å². The number of aryl methyl sites for hydroxylation is 1. The highest BCUT2D eigenvalue weighted by atomic mass is 35.5. The third kappa shape index (κ3) is 4.12. The van der Waals surface area contributed by atoms with Crippen molar-refractivity contribution in [2.24, 2.45) is 0 Å². The van der Waals surface area contributed by atoms with Gasteiger partial charge in [0.05, 0.1) is 10.7 Å². The van der Waals surface area contributed by atoms with E-state index in [-0.39, 0.29) is 17.5 Å². The first kappa shape index (κ1) is 18.2. The highest BCUT2D eigenvalue weighted by molar-refractivity contribution is 6.35. The van der Waals surface area contributed by atoms with Gasteiger partial charge in [0.2, 0.25) is 5.95 Å². The van der Waals surface area contributed by atoms with Crippen LogP contribution in [0.4, 0.5) is 17.3 Å². The van der Waals surface area contributed by atoms with Crippen LogP contribution in [0.25, 0.3) is 0 Å². The number of halogens is 2. The van der Waals surface area contributed by atoms with Gasteiger partial charge in [-0.05, 0) is 43.3 Å². The van der Waals surface area contributed by atoms with Crippen molar-refractivity contribution in [3.05, 3.63) is 76.0 Å².